The normalized spacial score (nSPS) is 46.3. The molecule has 2 fully saturated rings. The maximum atomic E-state index is 11.7. The van der Waals surface area contributed by atoms with Gasteiger partial charge in [0, 0.05) is 0 Å². The summed E-state index contributed by atoms with van der Waals surface area (Å²) in [6, 6.07) is 0. The fraction of sp³-hybridized carbons (Fsp3) is 0.917. The molecule has 0 amide bonds. The third kappa shape index (κ3) is 1.55. The fourth-order valence-corrected chi connectivity index (χ4v) is 2.74. The number of rotatable bonds is 1. The Kier molecular flexibility index (Phi) is 2.55. The van der Waals surface area contributed by atoms with E-state index in [9.17, 15) is 4.79 Å². The fourth-order valence-electron chi connectivity index (χ4n) is 2.74. The van der Waals surface area contributed by atoms with E-state index in [4.69, 9.17) is 14.2 Å². The molecule has 92 valence electrons. The Balaban J connectivity index is 2.34. The number of carbonyl (C=O) groups is 1. The third-order valence-electron chi connectivity index (χ3n) is 3.56. The van der Waals surface area contributed by atoms with Crippen LogP contribution in [0.2, 0.25) is 0 Å². The molecule has 0 N–H and O–H groups in total. The van der Waals surface area contributed by atoms with Gasteiger partial charge in [-0.05, 0) is 34.1 Å². The molecule has 0 aromatic heterocycles. The summed E-state index contributed by atoms with van der Waals surface area (Å²) < 4.78 is 17.2. The molecule has 0 aliphatic carbocycles. The molecule has 0 aromatic carbocycles. The molecule has 0 aromatic rings. The average molecular weight is 228 g/mol. The minimum Gasteiger partial charge on any atom is -0.453 e. The number of esters is 1. The molecular formula is C12H20O4. The molecule has 0 bridgehead atoms. The van der Waals surface area contributed by atoms with Crippen LogP contribution in [0.5, 0.6) is 0 Å². The van der Waals surface area contributed by atoms with Crippen LogP contribution in [0.4, 0.5) is 0 Å². The van der Waals surface area contributed by atoms with Crippen molar-refractivity contribution >= 4 is 5.97 Å². The standard InChI is InChI=1S/C12H20O4/c1-6-8-12(5)9(7(2)10(13)16-12)15-11(3,4)14-8/h7-9H,6H2,1-5H3/t7-,8-,9-,12-/m1/s1. The van der Waals surface area contributed by atoms with Crippen molar-refractivity contribution in [3.05, 3.63) is 0 Å². The zero-order chi connectivity index (χ0) is 12.1. The highest BCUT2D eigenvalue weighted by molar-refractivity contribution is 5.76. The SMILES string of the molecule is CC[C@H]1OC(C)(C)O[C@@H]2[C@@H](C)C(=O)O[C@@]21C. The van der Waals surface area contributed by atoms with Gasteiger partial charge in [-0.15, -0.1) is 0 Å². The lowest BCUT2D eigenvalue weighted by atomic mass is 9.85. The molecule has 4 heteroatoms. The number of fused-ring (bicyclic) bond motifs is 1. The van der Waals surface area contributed by atoms with Crippen LogP contribution in [0.1, 0.15) is 41.0 Å². The molecule has 0 unspecified atom stereocenters. The van der Waals surface area contributed by atoms with Gasteiger partial charge in [-0.3, -0.25) is 4.79 Å². The zero-order valence-corrected chi connectivity index (χ0v) is 10.6. The predicted octanol–water partition coefficient (Wildman–Crippen LogP) is 1.87. The van der Waals surface area contributed by atoms with Crippen molar-refractivity contribution in [1.29, 1.82) is 0 Å². The minimum atomic E-state index is -0.646. The van der Waals surface area contributed by atoms with Crippen LogP contribution in [0, 0.1) is 5.92 Å². The maximum Gasteiger partial charge on any atom is 0.312 e. The van der Waals surface area contributed by atoms with Crippen molar-refractivity contribution in [2.75, 3.05) is 0 Å². The van der Waals surface area contributed by atoms with Crippen molar-refractivity contribution in [3.63, 3.8) is 0 Å². The summed E-state index contributed by atoms with van der Waals surface area (Å²) in [5, 5.41) is 0. The highest BCUT2D eigenvalue weighted by Gasteiger charge is 2.61. The van der Waals surface area contributed by atoms with Gasteiger partial charge in [0.1, 0.15) is 12.2 Å². The second-order valence-electron chi connectivity index (χ2n) is 5.35. The van der Waals surface area contributed by atoms with E-state index in [0.29, 0.717) is 0 Å². The van der Waals surface area contributed by atoms with Gasteiger partial charge < -0.3 is 14.2 Å². The van der Waals surface area contributed by atoms with Gasteiger partial charge in [0.2, 0.25) is 0 Å². The average Bonchev–Trinajstić information content (AvgIpc) is 2.39. The molecular weight excluding hydrogens is 208 g/mol. The molecule has 0 spiro atoms. The number of hydrogen-bond acceptors (Lipinski definition) is 4. The van der Waals surface area contributed by atoms with Crippen molar-refractivity contribution < 1.29 is 19.0 Å². The number of ether oxygens (including phenoxy) is 3. The molecule has 2 aliphatic heterocycles. The van der Waals surface area contributed by atoms with Crippen LogP contribution in [-0.2, 0) is 19.0 Å². The smallest absolute Gasteiger partial charge is 0.312 e. The first-order chi connectivity index (χ1) is 7.30. The summed E-state index contributed by atoms with van der Waals surface area (Å²) in [5.74, 6) is -1.05. The van der Waals surface area contributed by atoms with Crippen LogP contribution in [-0.4, -0.2) is 29.6 Å². The van der Waals surface area contributed by atoms with E-state index in [1.54, 1.807) is 0 Å². The molecule has 2 heterocycles. The molecule has 4 atom stereocenters. The molecule has 2 aliphatic rings. The van der Waals surface area contributed by atoms with Crippen molar-refractivity contribution in [2.45, 2.75) is 64.6 Å². The van der Waals surface area contributed by atoms with E-state index in [0.717, 1.165) is 6.42 Å². The third-order valence-corrected chi connectivity index (χ3v) is 3.56. The van der Waals surface area contributed by atoms with Crippen molar-refractivity contribution in [1.82, 2.24) is 0 Å². The first-order valence-electron chi connectivity index (χ1n) is 5.88. The predicted molar refractivity (Wildman–Crippen MR) is 57.8 cm³/mol. The van der Waals surface area contributed by atoms with E-state index in [1.165, 1.54) is 0 Å². The molecule has 2 saturated heterocycles. The van der Waals surface area contributed by atoms with Crippen molar-refractivity contribution in [3.8, 4) is 0 Å². The molecule has 16 heavy (non-hydrogen) atoms. The molecule has 4 nitrogen and oxygen atoms in total. The van der Waals surface area contributed by atoms with Gasteiger partial charge in [-0.2, -0.15) is 0 Å². The highest BCUT2D eigenvalue weighted by atomic mass is 16.7. The summed E-state index contributed by atoms with van der Waals surface area (Å²) in [4.78, 5) is 11.7. The summed E-state index contributed by atoms with van der Waals surface area (Å²) in [6.07, 6.45) is 0.489. The van der Waals surface area contributed by atoms with Gasteiger partial charge in [-0.1, -0.05) is 6.92 Å². The van der Waals surface area contributed by atoms with E-state index in [-0.39, 0.29) is 24.1 Å². The maximum absolute atomic E-state index is 11.7. The minimum absolute atomic E-state index is 0.102. The Bertz CT molecular complexity index is 312. The summed E-state index contributed by atoms with van der Waals surface area (Å²) in [7, 11) is 0. The quantitative estimate of drug-likeness (QED) is 0.643. The highest BCUT2D eigenvalue weighted by Crippen LogP contribution is 2.45. The second-order valence-corrected chi connectivity index (χ2v) is 5.35. The molecule has 0 radical (unpaired) electrons. The summed E-state index contributed by atoms with van der Waals surface area (Å²) in [5.41, 5.74) is -0.638. The van der Waals surface area contributed by atoms with E-state index in [2.05, 4.69) is 0 Å². The van der Waals surface area contributed by atoms with E-state index >= 15 is 0 Å². The topological polar surface area (TPSA) is 44.8 Å². The Morgan fingerprint density at radius 3 is 2.44 bits per heavy atom. The lowest BCUT2D eigenvalue weighted by Gasteiger charge is -2.48. The Labute approximate surface area is 96.2 Å². The van der Waals surface area contributed by atoms with Crippen molar-refractivity contribution in [2.24, 2.45) is 5.92 Å². The Morgan fingerprint density at radius 2 is 1.88 bits per heavy atom. The largest absolute Gasteiger partial charge is 0.453 e. The van der Waals surface area contributed by atoms with Gasteiger partial charge in [-0.25, -0.2) is 0 Å². The van der Waals surface area contributed by atoms with Crippen LogP contribution in [0.15, 0.2) is 0 Å². The first-order valence-corrected chi connectivity index (χ1v) is 5.88. The van der Waals surface area contributed by atoms with Gasteiger partial charge >= 0.3 is 5.97 Å². The Hall–Kier alpha value is -0.610. The number of carbonyl (C=O) groups excluding carboxylic acids is 1. The first kappa shape index (κ1) is 11.9. The number of hydrogen-bond donors (Lipinski definition) is 0. The summed E-state index contributed by atoms with van der Waals surface area (Å²) >= 11 is 0. The van der Waals surface area contributed by atoms with Crippen LogP contribution in [0.25, 0.3) is 0 Å². The lowest BCUT2D eigenvalue weighted by molar-refractivity contribution is -0.349. The van der Waals surface area contributed by atoms with Crippen LogP contribution in [0.3, 0.4) is 0 Å². The Morgan fingerprint density at radius 1 is 1.25 bits per heavy atom. The molecule has 0 saturated carbocycles. The molecule has 2 rings (SSSR count). The van der Waals surface area contributed by atoms with Gasteiger partial charge in [0.25, 0.3) is 0 Å². The van der Waals surface area contributed by atoms with Gasteiger partial charge in [0.15, 0.2) is 11.4 Å². The summed E-state index contributed by atoms with van der Waals surface area (Å²) in [6.45, 7) is 9.55. The lowest BCUT2D eigenvalue weighted by Crippen LogP contribution is -2.60. The van der Waals surface area contributed by atoms with Crippen LogP contribution < -0.4 is 0 Å². The zero-order valence-electron chi connectivity index (χ0n) is 10.6. The van der Waals surface area contributed by atoms with E-state index < -0.39 is 11.4 Å². The van der Waals surface area contributed by atoms with Crippen LogP contribution >= 0.6 is 0 Å². The monoisotopic (exact) mass is 228 g/mol. The van der Waals surface area contributed by atoms with E-state index in [1.807, 2.05) is 34.6 Å². The van der Waals surface area contributed by atoms with Gasteiger partial charge in [0.05, 0.1) is 5.92 Å². The second kappa shape index (κ2) is 3.44.